The topological polar surface area (TPSA) is 65.5 Å². The maximum absolute atomic E-state index is 14.7. The van der Waals surface area contributed by atoms with Crippen LogP contribution in [0.2, 0.25) is 5.15 Å². The lowest BCUT2D eigenvalue weighted by molar-refractivity contribution is -0.161. The molecule has 136 valence electrons. The molecule has 0 aliphatic carbocycles. The summed E-state index contributed by atoms with van der Waals surface area (Å²) < 4.78 is 29.3. The van der Waals surface area contributed by atoms with Crippen molar-refractivity contribution in [3.8, 4) is 0 Å². The molecule has 1 atom stereocenters. The molecule has 0 aromatic carbocycles. The quantitative estimate of drug-likeness (QED) is 0.827. The maximum atomic E-state index is 14.7. The summed E-state index contributed by atoms with van der Waals surface area (Å²) in [6.07, 6.45) is 2.21. The third kappa shape index (κ3) is 3.40. The van der Waals surface area contributed by atoms with Gasteiger partial charge < -0.3 is 15.1 Å². The van der Waals surface area contributed by atoms with Gasteiger partial charge in [-0.1, -0.05) is 11.6 Å². The predicted octanol–water partition coefficient (Wildman–Crippen LogP) is 2.15. The number of piperidine rings is 1. The van der Waals surface area contributed by atoms with Gasteiger partial charge in [-0.15, -0.1) is 0 Å². The third-order valence-corrected chi connectivity index (χ3v) is 5.06. The smallest absolute Gasteiger partial charge is 0.336 e. The van der Waals surface area contributed by atoms with Crippen molar-refractivity contribution in [3.63, 3.8) is 0 Å². The number of rotatable bonds is 3. The molecule has 6 nitrogen and oxygen atoms in total. The van der Waals surface area contributed by atoms with Crippen LogP contribution in [0.4, 0.5) is 13.6 Å². The molecule has 1 unspecified atom stereocenters. The minimum atomic E-state index is -3.68. The molecular weight excluding hydrogens is 354 g/mol. The zero-order valence-corrected chi connectivity index (χ0v) is 14.5. The number of aryl methyl sites for hydroxylation is 1. The molecule has 2 aliphatic heterocycles. The Morgan fingerprint density at radius 2 is 2.20 bits per heavy atom. The van der Waals surface area contributed by atoms with Crippen molar-refractivity contribution in [2.24, 2.45) is 0 Å². The molecule has 9 heteroatoms. The lowest BCUT2D eigenvalue weighted by Crippen LogP contribution is -2.53. The average Bonchev–Trinajstić information content (AvgIpc) is 3.02. The number of carbonyl (C=O) groups is 2. The van der Waals surface area contributed by atoms with Gasteiger partial charge in [0.15, 0.2) is 0 Å². The van der Waals surface area contributed by atoms with E-state index >= 15 is 0 Å². The molecule has 3 heterocycles. The second-order valence-corrected chi connectivity index (χ2v) is 6.74. The Morgan fingerprint density at radius 3 is 2.84 bits per heavy atom. The Bertz CT molecular complexity index is 701. The van der Waals surface area contributed by atoms with E-state index < -0.39 is 17.4 Å². The number of hydrogen-bond donors (Lipinski definition) is 1. The van der Waals surface area contributed by atoms with Crippen LogP contribution in [0.3, 0.4) is 0 Å². The zero-order chi connectivity index (χ0) is 18.2. The molecule has 0 bridgehead atoms. The monoisotopic (exact) mass is 372 g/mol. The van der Waals surface area contributed by atoms with Crippen molar-refractivity contribution in [1.82, 2.24) is 20.1 Å². The van der Waals surface area contributed by atoms with Crippen molar-refractivity contribution >= 4 is 23.5 Å². The Morgan fingerprint density at radius 1 is 1.44 bits per heavy atom. The van der Waals surface area contributed by atoms with Gasteiger partial charge in [0.05, 0.1) is 6.04 Å². The van der Waals surface area contributed by atoms with E-state index in [2.05, 4.69) is 10.3 Å². The number of urea groups is 1. The summed E-state index contributed by atoms with van der Waals surface area (Å²) in [4.78, 5) is 30.7. The first-order valence-electron chi connectivity index (χ1n) is 8.15. The van der Waals surface area contributed by atoms with E-state index in [1.807, 2.05) is 0 Å². The van der Waals surface area contributed by atoms with E-state index in [1.54, 1.807) is 11.8 Å². The van der Waals surface area contributed by atoms with E-state index in [0.717, 1.165) is 11.1 Å². The highest BCUT2D eigenvalue weighted by Crippen LogP contribution is 2.33. The molecule has 0 radical (unpaired) electrons. The summed E-state index contributed by atoms with van der Waals surface area (Å²) in [7, 11) is 0. The number of amides is 3. The molecule has 3 amide bonds. The van der Waals surface area contributed by atoms with Crippen LogP contribution in [0.1, 0.15) is 24.0 Å². The molecule has 2 fully saturated rings. The number of pyridine rings is 1. The van der Waals surface area contributed by atoms with Crippen LogP contribution >= 0.6 is 11.6 Å². The van der Waals surface area contributed by atoms with Crippen LogP contribution in [0, 0.1) is 6.92 Å². The van der Waals surface area contributed by atoms with Crippen molar-refractivity contribution in [2.45, 2.75) is 31.7 Å². The van der Waals surface area contributed by atoms with Gasteiger partial charge >= 0.3 is 12.0 Å². The molecule has 0 saturated carbocycles. The SMILES string of the molecule is Cc1cc(C(F)(F)C(=O)N2CCCC(N3CCNC3=O)C2)cnc1Cl. The molecule has 1 aromatic rings. The molecule has 1 aromatic heterocycles. The van der Waals surface area contributed by atoms with Gasteiger partial charge in [-0.25, -0.2) is 9.78 Å². The summed E-state index contributed by atoms with van der Waals surface area (Å²) in [5.74, 6) is -4.95. The number of hydrogen-bond acceptors (Lipinski definition) is 3. The van der Waals surface area contributed by atoms with Gasteiger partial charge in [-0.3, -0.25) is 4.79 Å². The predicted molar refractivity (Wildman–Crippen MR) is 87.6 cm³/mol. The third-order valence-electron chi connectivity index (χ3n) is 4.66. The highest BCUT2D eigenvalue weighted by molar-refractivity contribution is 6.30. The first-order chi connectivity index (χ1) is 11.8. The first kappa shape index (κ1) is 17.8. The minimum absolute atomic E-state index is 0.113. The number of nitrogens with zero attached hydrogens (tertiary/aromatic N) is 3. The van der Waals surface area contributed by atoms with Crippen LogP contribution < -0.4 is 5.32 Å². The van der Waals surface area contributed by atoms with Crippen LogP contribution in [0.25, 0.3) is 0 Å². The highest BCUT2D eigenvalue weighted by Gasteiger charge is 2.46. The number of aromatic nitrogens is 1. The summed E-state index contributed by atoms with van der Waals surface area (Å²) in [6.45, 7) is 2.99. The molecule has 2 saturated heterocycles. The van der Waals surface area contributed by atoms with Gasteiger partial charge in [0.25, 0.3) is 5.91 Å². The fourth-order valence-electron chi connectivity index (χ4n) is 3.28. The molecule has 3 rings (SSSR count). The molecule has 25 heavy (non-hydrogen) atoms. The lowest BCUT2D eigenvalue weighted by atomic mass is 10.0. The van der Waals surface area contributed by atoms with E-state index in [0.29, 0.717) is 31.5 Å². The molecule has 2 aliphatic rings. The normalized spacial score (nSPS) is 21.4. The summed E-state index contributed by atoms with van der Waals surface area (Å²) >= 11 is 5.77. The van der Waals surface area contributed by atoms with Gasteiger partial charge in [-0.05, 0) is 31.4 Å². The number of carbonyl (C=O) groups excluding carboxylic acids is 2. The van der Waals surface area contributed by atoms with Crippen LogP contribution in [0.15, 0.2) is 12.3 Å². The Hall–Kier alpha value is -1.96. The molecule has 0 spiro atoms. The highest BCUT2D eigenvalue weighted by atomic mass is 35.5. The van der Waals surface area contributed by atoms with Gasteiger partial charge in [0, 0.05) is 37.9 Å². The van der Waals surface area contributed by atoms with Gasteiger partial charge in [0.2, 0.25) is 0 Å². The Kier molecular flexibility index (Phi) is 4.81. The average molecular weight is 373 g/mol. The number of halogens is 3. The molecular formula is C16H19ClF2N4O2. The maximum Gasteiger partial charge on any atom is 0.351 e. The van der Waals surface area contributed by atoms with Crippen LogP contribution in [-0.4, -0.2) is 58.9 Å². The fourth-order valence-corrected chi connectivity index (χ4v) is 3.38. The Labute approximate surface area is 149 Å². The van der Waals surface area contributed by atoms with E-state index in [9.17, 15) is 18.4 Å². The Balaban J connectivity index is 1.76. The van der Waals surface area contributed by atoms with E-state index in [1.165, 1.54) is 6.07 Å². The second kappa shape index (κ2) is 6.74. The largest absolute Gasteiger partial charge is 0.351 e. The number of nitrogens with one attached hydrogen (secondary N) is 1. The molecule has 1 N–H and O–H groups in total. The first-order valence-corrected chi connectivity index (χ1v) is 8.53. The van der Waals surface area contributed by atoms with Gasteiger partial charge in [0.1, 0.15) is 5.15 Å². The zero-order valence-electron chi connectivity index (χ0n) is 13.8. The van der Waals surface area contributed by atoms with Crippen molar-refractivity contribution in [2.75, 3.05) is 26.2 Å². The summed E-state index contributed by atoms with van der Waals surface area (Å²) in [5.41, 5.74) is -0.0858. The second-order valence-electron chi connectivity index (χ2n) is 6.38. The van der Waals surface area contributed by atoms with Crippen molar-refractivity contribution in [1.29, 1.82) is 0 Å². The van der Waals surface area contributed by atoms with E-state index in [4.69, 9.17) is 11.6 Å². The van der Waals surface area contributed by atoms with Crippen molar-refractivity contribution in [3.05, 3.63) is 28.5 Å². The van der Waals surface area contributed by atoms with Gasteiger partial charge in [-0.2, -0.15) is 8.78 Å². The van der Waals surface area contributed by atoms with Crippen LogP contribution in [-0.2, 0) is 10.7 Å². The lowest BCUT2D eigenvalue weighted by Gasteiger charge is -2.38. The van der Waals surface area contributed by atoms with Crippen LogP contribution in [0.5, 0.6) is 0 Å². The number of likely N-dealkylation sites (tertiary alicyclic amines) is 1. The minimum Gasteiger partial charge on any atom is -0.336 e. The fraction of sp³-hybridized carbons (Fsp3) is 0.562. The summed E-state index contributed by atoms with van der Waals surface area (Å²) in [5, 5.41) is 2.82. The standard InChI is InChI=1S/C16H19ClF2N4O2/c1-10-7-11(8-21-13(10)17)16(18,19)14(24)22-5-2-3-12(9-22)23-6-4-20-15(23)25/h7-8,12H,2-6,9H2,1H3,(H,20,25). The van der Waals surface area contributed by atoms with Crippen molar-refractivity contribution < 1.29 is 18.4 Å². The number of alkyl halides is 2. The summed E-state index contributed by atoms with van der Waals surface area (Å²) in [6, 6.07) is 0.743. The van der Waals surface area contributed by atoms with E-state index in [-0.39, 0.29) is 30.3 Å².